The highest BCUT2D eigenvalue weighted by molar-refractivity contribution is 6.31. The van der Waals surface area contributed by atoms with E-state index >= 15 is 0 Å². The van der Waals surface area contributed by atoms with Crippen molar-refractivity contribution in [3.05, 3.63) is 87.2 Å². The number of halogens is 1. The molecule has 12 nitrogen and oxygen atoms in total. The maximum atomic E-state index is 13.8. The molecule has 0 N–H and O–H groups in total. The Kier molecular flexibility index (Phi) is 9.45. The molecule has 2 saturated carbocycles. The number of nitrogens with zero attached hydrogens (tertiary/aromatic N) is 6. The third-order valence-electron chi connectivity index (χ3n) is 13.4. The van der Waals surface area contributed by atoms with E-state index < -0.39 is 17.9 Å². The number of anilines is 1. The lowest BCUT2D eigenvalue weighted by Crippen LogP contribution is -2.74. The van der Waals surface area contributed by atoms with Gasteiger partial charge >= 0.3 is 0 Å². The van der Waals surface area contributed by atoms with Crippen LogP contribution in [0.15, 0.2) is 48.7 Å². The molecule has 9 rings (SSSR count). The Morgan fingerprint density at radius 3 is 2.36 bits per heavy atom. The number of carbonyl (C=O) groups excluding carboxylic acids is 5. The van der Waals surface area contributed by atoms with Gasteiger partial charge in [0.2, 0.25) is 0 Å². The topological polar surface area (TPSA) is 144 Å². The van der Waals surface area contributed by atoms with E-state index in [1.54, 1.807) is 30.5 Å². The lowest BCUT2D eigenvalue weighted by Gasteiger charge is -2.65. The fourth-order valence-electron chi connectivity index (χ4n) is 10.7. The van der Waals surface area contributed by atoms with Crippen LogP contribution in [-0.4, -0.2) is 99.4 Å². The number of Topliss-reactive ketones (excluding diaryl/α,β-unsaturated/α-hetero) is 2. The molecule has 0 radical (unpaired) electrons. The Morgan fingerprint density at radius 2 is 1.63 bits per heavy atom. The third kappa shape index (κ3) is 6.48. The summed E-state index contributed by atoms with van der Waals surface area (Å²) in [7, 11) is 0. The minimum Gasteiger partial charge on any atom is -0.489 e. The lowest BCUT2D eigenvalue weighted by molar-refractivity contribution is -0.199. The highest BCUT2D eigenvalue weighted by Gasteiger charge is 2.67. The van der Waals surface area contributed by atoms with Gasteiger partial charge in [0.25, 0.3) is 17.7 Å². The molecule has 2 saturated heterocycles. The molecule has 3 aromatic rings. The summed E-state index contributed by atoms with van der Waals surface area (Å²) in [6, 6.07) is 14.1. The largest absolute Gasteiger partial charge is 0.489 e. The summed E-state index contributed by atoms with van der Waals surface area (Å²) in [5.74, 6) is 6.45. The first kappa shape index (κ1) is 38.9. The van der Waals surface area contributed by atoms with E-state index in [1.807, 2.05) is 23.1 Å². The summed E-state index contributed by atoms with van der Waals surface area (Å²) in [6.07, 6.45) is 2.74. The quantitative estimate of drug-likeness (QED) is 0.225. The van der Waals surface area contributed by atoms with E-state index in [1.165, 1.54) is 0 Å². The average Bonchev–Trinajstić information content (AvgIpc) is 3.60. The molecule has 1 unspecified atom stereocenters. The molecule has 6 aliphatic rings. The first-order valence-electron chi connectivity index (χ1n) is 20.4. The second-order valence-corrected chi connectivity index (χ2v) is 18.5. The van der Waals surface area contributed by atoms with Crippen molar-refractivity contribution in [2.24, 2.45) is 16.7 Å². The summed E-state index contributed by atoms with van der Waals surface area (Å²) >= 11 is 6.29. The van der Waals surface area contributed by atoms with Gasteiger partial charge in [-0.2, -0.15) is 5.26 Å². The van der Waals surface area contributed by atoms with Gasteiger partial charge in [0.1, 0.15) is 29.4 Å². The van der Waals surface area contributed by atoms with Gasteiger partial charge in [-0.25, -0.2) is 4.98 Å². The van der Waals surface area contributed by atoms with Crippen molar-refractivity contribution in [3.63, 3.8) is 0 Å². The lowest BCUT2D eigenvalue weighted by atomic mass is 9.49. The number of benzene rings is 2. The molecule has 0 bridgehead atoms. The Bertz CT molecular complexity index is 2430. The molecule has 1 aromatic heterocycles. The van der Waals surface area contributed by atoms with Gasteiger partial charge in [0.05, 0.1) is 34.1 Å². The first-order valence-corrected chi connectivity index (χ1v) is 20.8. The number of ether oxygens (including phenoxy) is 1. The minimum absolute atomic E-state index is 0.0211. The summed E-state index contributed by atoms with van der Waals surface area (Å²) < 4.78 is 6.47. The van der Waals surface area contributed by atoms with Crippen LogP contribution < -0.4 is 9.64 Å². The number of fused-ring (bicyclic) bond motifs is 2. The Morgan fingerprint density at radius 1 is 0.864 bits per heavy atom. The standard InChI is InChI=1S/C46H45ClN6O6/c1-45(2)43(46(3,4)44(45)59-33-13-11-28(19-48)36(47)18-33)52-23-29-16-26(10-14-34(29)40(52)56)8-9-27-21-50(22-27)31-24-51(25-31)30-17-35-39(49-20-30)42(58)53(41(35)57)37-15-12-32(54)6-5-7-38(37)55/h10-11,13-14,16-18,20,27,31,37,43-44H,5-7,12,15,21-25H2,1-4H3/t37?,43-,44-. The maximum Gasteiger partial charge on any atom is 0.280 e. The number of ketones is 2. The van der Waals surface area contributed by atoms with Crippen LogP contribution in [0.3, 0.4) is 0 Å². The van der Waals surface area contributed by atoms with E-state index in [2.05, 4.69) is 60.4 Å². The molecule has 302 valence electrons. The van der Waals surface area contributed by atoms with Crippen LogP contribution >= 0.6 is 11.6 Å². The van der Waals surface area contributed by atoms with E-state index in [4.69, 9.17) is 16.3 Å². The van der Waals surface area contributed by atoms with Crippen LogP contribution in [0.25, 0.3) is 0 Å². The number of imide groups is 1. The van der Waals surface area contributed by atoms with Crippen LogP contribution in [0.4, 0.5) is 5.69 Å². The van der Waals surface area contributed by atoms with Crippen LogP contribution in [0.1, 0.15) is 108 Å². The smallest absolute Gasteiger partial charge is 0.280 e. The number of hydrogen-bond acceptors (Lipinski definition) is 10. The normalized spacial score (nSPS) is 25.2. The van der Waals surface area contributed by atoms with Crippen molar-refractivity contribution < 1.29 is 28.7 Å². The number of carbonyl (C=O) groups is 5. The maximum absolute atomic E-state index is 13.8. The van der Waals surface area contributed by atoms with Crippen molar-refractivity contribution in [2.75, 3.05) is 31.1 Å². The molecule has 4 fully saturated rings. The predicted octanol–water partition coefficient (Wildman–Crippen LogP) is 5.68. The van der Waals surface area contributed by atoms with Crippen molar-refractivity contribution in [1.82, 2.24) is 19.7 Å². The van der Waals surface area contributed by atoms with Crippen molar-refractivity contribution >= 4 is 46.6 Å². The summed E-state index contributed by atoms with van der Waals surface area (Å²) in [6.45, 7) is 12.3. The second-order valence-electron chi connectivity index (χ2n) is 18.1. The molecular weight excluding hydrogens is 768 g/mol. The molecule has 3 amide bonds. The van der Waals surface area contributed by atoms with Crippen LogP contribution in [0.2, 0.25) is 5.02 Å². The first-order chi connectivity index (χ1) is 28.1. The zero-order valence-corrected chi connectivity index (χ0v) is 34.3. The summed E-state index contributed by atoms with van der Waals surface area (Å²) in [5.41, 5.74) is 3.31. The number of hydrogen-bond donors (Lipinski definition) is 0. The molecular formula is C46H45ClN6O6. The second kappa shape index (κ2) is 14.3. The summed E-state index contributed by atoms with van der Waals surface area (Å²) in [5, 5.41) is 9.61. The average molecular weight is 813 g/mol. The number of amides is 3. The molecule has 1 atom stereocenters. The fraction of sp³-hybridized carbons (Fsp3) is 0.457. The Balaban J connectivity index is 0.781. The van der Waals surface area contributed by atoms with Crippen molar-refractivity contribution in [2.45, 2.75) is 90.6 Å². The molecule has 13 heteroatoms. The van der Waals surface area contributed by atoms with Gasteiger partial charge in [0, 0.05) is 98.0 Å². The number of rotatable bonds is 6. The third-order valence-corrected chi connectivity index (χ3v) is 13.7. The van der Waals surface area contributed by atoms with Crippen LogP contribution in [-0.2, 0) is 16.1 Å². The van der Waals surface area contributed by atoms with Crippen LogP contribution in [0, 0.1) is 39.9 Å². The van der Waals surface area contributed by atoms with E-state index in [9.17, 15) is 29.2 Å². The zero-order valence-electron chi connectivity index (χ0n) is 33.6. The number of pyridine rings is 1. The number of likely N-dealkylation sites (tertiary alicyclic amines) is 1. The van der Waals surface area contributed by atoms with Crippen molar-refractivity contribution in [1.29, 1.82) is 5.26 Å². The molecule has 4 aliphatic heterocycles. The van der Waals surface area contributed by atoms with Gasteiger partial charge < -0.3 is 14.5 Å². The van der Waals surface area contributed by atoms with Gasteiger partial charge in [-0.05, 0) is 54.8 Å². The number of aromatic nitrogens is 1. The molecule has 5 heterocycles. The minimum atomic E-state index is -0.929. The zero-order chi connectivity index (χ0) is 41.5. The Labute approximate surface area is 348 Å². The monoisotopic (exact) mass is 812 g/mol. The van der Waals surface area contributed by atoms with Gasteiger partial charge in [-0.1, -0.05) is 51.1 Å². The molecule has 59 heavy (non-hydrogen) atoms. The highest BCUT2D eigenvalue weighted by atomic mass is 35.5. The molecule has 2 aliphatic carbocycles. The van der Waals surface area contributed by atoms with Crippen LogP contribution in [0.5, 0.6) is 5.75 Å². The van der Waals surface area contributed by atoms with E-state index in [0.717, 1.165) is 47.9 Å². The fourth-order valence-corrected chi connectivity index (χ4v) is 10.9. The molecule has 2 aromatic carbocycles. The van der Waals surface area contributed by atoms with E-state index in [0.29, 0.717) is 47.3 Å². The van der Waals surface area contributed by atoms with Gasteiger partial charge in [-0.3, -0.25) is 33.8 Å². The summed E-state index contributed by atoms with van der Waals surface area (Å²) in [4.78, 5) is 77.4. The van der Waals surface area contributed by atoms with Gasteiger partial charge in [-0.15, -0.1) is 0 Å². The highest BCUT2D eigenvalue weighted by Crippen LogP contribution is 2.59. The SMILES string of the molecule is CC1(C)[C@H](Oc2ccc(C#N)c(Cl)c2)C(C)(C)[C@H]1N1Cc2cc(C#CC3CN(C4CN(c5cnc6c(c5)C(=O)N(C5CCC(=O)CCCC5=O)C6=O)C4)C3)ccc2C1=O. The van der Waals surface area contributed by atoms with Gasteiger partial charge in [0.15, 0.2) is 5.78 Å². The van der Waals surface area contributed by atoms with E-state index in [-0.39, 0.29) is 76.9 Å². The number of nitriles is 1. The predicted molar refractivity (Wildman–Crippen MR) is 218 cm³/mol. The molecule has 0 spiro atoms. The Hall–Kier alpha value is -5.56. The van der Waals surface area contributed by atoms with Crippen molar-refractivity contribution in [3.8, 4) is 23.7 Å².